The summed E-state index contributed by atoms with van der Waals surface area (Å²) < 4.78 is 19.6. The molecule has 1 aromatic rings. The number of hydrogen-bond donors (Lipinski definition) is 3. The summed E-state index contributed by atoms with van der Waals surface area (Å²) in [6.07, 6.45) is 1.21. The lowest BCUT2D eigenvalue weighted by molar-refractivity contribution is -0.150. The van der Waals surface area contributed by atoms with Gasteiger partial charge in [-0.3, -0.25) is 19.2 Å². The fraction of sp³-hybridized carbons (Fsp3) is 0.560. The minimum atomic E-state index is -1.25. The van der Waals surface area contributed by atoms with Crippen LogP contribution in [0.2, 0.25) is 0 Å². The predicted molar refractivity (Wildman–Crippen MR) is 126 cm³/mol. The van der Waals surface area contributed by atoms with Gasteiger partial charge in [0, 0.05) is 6.54 Å². The zero-order valence-corrected chi connectivity index (χ0v) is 20.8. The summed E-state index contributed by atoms with van der Waals surface area (Å²) in [6.45, 7) is 5.52. The van der Waals surface area contributed by atoms with Gasteiger partial charge in [-0.15, -0.1) is 0 Å². The Kier molecular flexibility index (Phi) is 7.70. The number of nitrogens with zero attached hydrogens (tertiary/aromatic N) is 1. The Balaban J connectivity index is 1.88. The van der Waals surface area contributed by atoms with Gasteiger partial charge in [0.1, 0.15) is 17.9 Å². The molecule has 1 saturated carbocycles. The summed E-state index contributed by atoms with van der Waals surface area (Å²) in [5.41, 5.74) is -2.33. The number of nitrogens with one attached hydrogen (secondary N) is 2. The van der Waals surface area contributed by atoms with Crippen molar-refractivity contribution < 1.29 is 38.2 Å². The molecule has 4 atom stereocenters. The fourth-order valence-corrected chi connectivity index (χ4v) is 5.07. The number of carbonyl (C=O) groups excluding carboxylic acids is 4. The van der Waals surface area contributed by atoms with Gasteiger partial charge in [0.25, 0.3) is 5.91 Å². The molecule has 1 saturated heterocycles. The summed E-state index contributed by atoms with van der Waals surface area (Å²) >= 11 is 0. The minimum absolute atomic E-state index is 0.0565. The third kappa shape index (κ3) is 5.19. The van der Waals surface area contributed by atoms with Gasteiger partial charge >= 0.3 is 5.97 Å². The monoisotopic (exact) mass is 505 g/mol. The average molecular weight is 506 g/mol. The van der Waals surface area contributed by atoms with Gasteiger partial charge in [-0.25, -0.2) is 4.39 Å². The number of fused-ring (bicyclic) bond motifs is 2. The predicted octanol–water partition coefficient (Wildman–Crippen LogP) is 1.52. The largest absolute Gasteiger partial charge is 0.494 e. The first-order valence-electron chi connectivity index (χ1n) is 11.8. The van der Waals surface area contributed by atoms with Crippen molar-refractivity contribution in [1.82, 2.24) is 15.5 Å². The summed E-state index contributed by atoms with van der Waals surface area (Å²) in [5.74, 6) is -4.05. The molecular formula is C25H32FN3O7. The Labute approximate surface area is 208 Å². The zero-order chi connectivity index (χ0) is 26.8. The van der Waals surface area contributed by atoms with Crippen LogP contribution in [0.3, 0.4) is 0 Å². The van der Waals surface area contributed by atoms with Crippen molar-refractivity contribution in [2.45, 2.75) is 64.1 Å². The third-order valence-electron chi connectivity index (χ3n) is 6.93. The van der Waals surface area contributed by atoms with E-state index >= 15 is 0 Å². The van der Waals surface area contributed by atoms with Gasteiger partial charge in [0.05, 0.1) is 25.1 Å². The fourth-order valence-electron chi connectivity index (χ4n) is 5.07. The van der Waals surface area contributed by atoms with E-state index in [4.69, 9.17) is 9.84 Å². The Bertz CT molecular complexity index is 1070. The molecule has 3 rings (SSSR count). The number of likely N-dealkylation sites (tertiary alicyclic amines) is 1. The molecule has 1 aliphatic heterocycles. The quantitative estimate of drug-likeness (QED) is 0.432. The number of rotatable bonds is 9. The first-order chi connectivity index (χ1) is 16.8. The molecular weight excluding hydrogens is 473 g/mol. The van der Waals surface area contributed by atoms with Crippen LogP contribution in [0.1, 0.15) is 56.8 Å². The molecule has 3 amide bonds. The first kappa shape index (κ1) is 27.1. The number of piperidine rings is 1. The number of carbonyl (C=O) groups is 5. The highest BCUT2D eigenvalue weighted by atomic mass is 19.1. The number of amides is 3. The van der Waals surface area contributed by atoms with Crippen LogP contribution in [-0.4, -0.2) is 71.3 Å². The van der Waals surface area contributed by atoms with Crippen molar-refractivity contribution in [3.63, 3.8) is 0 Å². The van der Waals surface area contributed by atoms with Gasteiger partial charge in [0.15, 0.2) is 11.6 Å². The van der Waals surface area contributed by atoms with E-state index in [2.05, 4.69) is 10.6 Å². The number of methoxy groups -OCH3 is 1. The van der Waals surface area contributed by atoms with E-state index in [0.717, 1.165) is 0 Å². The molecule has 2 aliphatic rings. The topological polar surface area (TPSA) is 142 Å². The smallest absolute Gasteiger partial charge is 0.305 e. The van der Waals surface area contributed by atoms with Crippen molar-refractivity contribution in [3.8, 4) is 5.75 Å². The Morgan fingerprint density at radius 2 is 1.97 bits per heavy atom. The normalized spacial score (nSPS) is 22.5. The van der Waals surface area contributed by atoms with Gasteiger partial charge < -0.3 is 30.2 Å². The van der Waals surface area contributed by atoms with E-state index in [9.17, 15) is 28.4 Å². The van der Waals surface area contributed by atoms with Crippen LogP contribution in [0.4, 0.5) is 4.39 Å². The first-order valence-corrected chi connectivity index (χ1v) is 11.8. The van der Waals surface area contributed by atoms with Crippen LogP contribution in [0, 0.1) is 17.2 Å². The molecule has 1 aliphatic carbocycles. The molecule has 1 aromatic carbocycles. The maximum atomic E-state index is 14.7. The Morgan fingerprint density at radius 1 is 1.28 bits per heavy atom. The lowest BCUT2D eigenvalue weighted by Gasteiger charge is -2.42. The number of halogens is 1. The number of carboxylic acids is 1. The van der Waals surface area contributed by atoms with Crippen LogP contribution in [0.5, 0.6) is 5.75 Å². The van der Waals surface area contributed by atoms with Gasteiger partial charge in [-0.2, -0.15) is 0 Å². The van der Waals surface area contributed by atoms with Gasteiger partial charge in [-0.05, 0) is 42.7 Å². The highest BCUT2D eigenvalue weighted by Crippen LogP contribution is 2.47. The maximum Gasteiger partial charge on any atom is 0.305 e. The second kappa shape index (κ2) is 10.2. The third-order valence-corrected chi connectivity index (χ3v) is 6.93. The number of hydrogen-bond acceptors (Lipinski definition) is 6. The van der Waals surface area contributed by atoms with E-state index in [1.165, 1.54) is 30.2 Å². The van der Waals surface area contributed by atoms with Crippen LogP contribution in [0.15, 0.2) is 18.2 Å². The Morgan fingerprint density at radius 3 is 2.53 bits per heavy atom. The van der Waals surface area contributed by atoms with Crippen molar-refractivity contribution in [3.05, 3.63) is 29.6 Å². The van der Waals surface area contributed by atoms with E-state index in [1.54, 1.807) is 20.8 Å². The molecule has 0 spiro atoms. The summed E-state index contributed by atoms with van der Waals surface area (Å²) in [7, 11) is 1.28. The zero-order valence-electron chi connectivity index (χ0n) is 20.8. The minimum Gasteiger partial charge on any atom is -0.494 e. The average Bonchev–Trinajstić information content (AvgIpc) is 3.41. The lowest BCUT2D eigenvalue weighted by atomic mass is 9.84. The van der Waals surface area contributed by atoms with Crippen molar-refractivity contribution in [1.29, 1.82) is 0 Å². The van der Waals surface area contributed by atoms with Gasteiger partial charge in [-0.1, -0.05) is 26.8 Å². The molecule has 2 bridgehead atoms. The van der Waals surface area contributed by atoms with Crippen molar-refractivity contribution in [2.75, 3.05) is 13.7 Å². The molecule has 2 fully saturated rings. The standard InChI is InChI=1S/C25H32FN3O7/c1-24(2,3)20(28-21(33)16-6-5-7-17(36-4)19(16)26)22(34)29-12-14-8-9-25(29,11-14)23(35)27-15(13-30)10-18(31)32/h5-7,13-15,20H,8-12H2,1-4H3,(H,27,35)(H,28,33)(H,31,32)/t14-,15+,20-,25+/m1/s1. The van der Waals surface area contributed by atoms with E-state index in [0.29, 0.717) is 25.5 Å². The van der Waals surface area contributed by atoms with E-state index in [-0.39, 0.29) is 23.8 Å². The highest BCUT2D eigenvalue weighted by molar-refractivity contribution is 6.00. The van der Waals surface area contributed by atoms with Crippen molar-refractivity contribution in [2.24, 2.45) is 11.3 Å². The van der Waals surface area contributed by atoms with Crippen LogP contribution >= 0.6 is 0 Å². The van der Waals surface area contributed by atoms with E-state index in [1.807, 2.05) is 0 Å². The molecule has 10 nitrogen and oxygen atoms in total. The summed E-state index contributed by atoms with van der Waals surface area (Å²) in [4.78, 5) is 64.0. The molecule has 0 radical (unpaired) electrons. The van der Waals surface area contributed by atoms with Crippen LogP contribution in [0.25, 0.3) is 0 Å². The molecule has 0 aromatic heterocycles. The van der Waals surface area contributed by atoms with Gasteiger partial charge in [0.2, 0.25) is 11.8 Å². The molecule has 36 heavy (non-hydrogen) atoms. The number of ether oxygens (including phenoxy) is 1. The molecule has 196 valence electrons. The second-order valence-corrected chi connectivity index (χ2v) is 10.5. The molecule has 11 heteroatoms. The van der Waals surface area contributed by atoms with Crippen LogP contribution < -0.4 is 15.4 Å². The molecule has 3 N–H and O–H groups in total. The molecule has 0 unspecified atom stereocenters. The number of carboxylic acid groups (broad SMARTS) is 1. The SMILES string of the molecule is COc1cccc(C(=O)N[C@H](C(=O)N2C[C@@H]3CC[C@@]2(C(=O)N[C@H](C=O)CC(=O)O)C3)C(C)(C)C)c1F. The maximum absolute atomic E-state index is 14.7. The summed E-state index contributed by atoms with van der Waals surface area (Å²) in [5, 5.41) is 14.1. The number of aliphatic carboxylic acids is 1. The number of aldehydes is 1. The molecule has 1 heterocycles. The van der Waals surface area contributed by atoms with Crippen LogP contribution in [-0.2, 0) is 19.2 Å². The summed E-state index contributed by atoms with van der Waals surface area (Å²) in [6, 6.07) is 1.80. The van der Waals surface area contributed by atoms with Crippen molar-refractivity contribution >= 4 is 30.0 Å². The Hall–Kier alpha value is -3.50. The lowest BCUT2D eigenvalue weighted by Crippen LogP contribution is -2.64. The van der Waals surface area contributed by atoms with E-state index < -0.39 is 59.0 Å². The highest BCUT2D eigenvalue weighted by Gasteiger charge is 2.59. The second-order valence-electron chi connectivity index (χ2n) is 10.5. The number of benzene rings is 1.